The first-order valence-electron chi connectivity index (χ1n) is 11.9. The highest BCUT2D eigenvalue weighted by atomic mass is 19.1. The van der Waals surface area contributed by atoms with Gasteiger partial charge in [0.2, 0.25) is 0 Å². The summed E-state index contributed by atoms with van der Waals surface area (Å²) < 4.78 is 16.7. The smallest absolute Gasteiger partial charge is 0.276 e. The minimum atomic E-state index is -0.254. The first-order chi connectivity index (χ1) is 17.6. The van der Waals surface area contributed by atoms with E-state index in [1.54, 1.807) is 22.9 Å². The minimum Gasteiger partial charge on any atom is -0.368 e. The summed E-state index contributed by atoms with van der Waals surface area (Å²) >= 11 is 0. The molecule has 0 spiro atoms. The van der Waals surface area contributed by atoms with Gasteiger partial charge in [-0.25, -0.2) is 9.37 Å². The molecule has 36 heavy (non-hydrogen) atoms. The molecule has 0 atom stereocenters. The molecule has 1 fully saturated rings. The van der Waals surface area contributed by atoms with E-state index in [2.05, 4.69) is 9.88 Å². The Morgan fingerprint density at radius 3 is 2.33 bits per heavy atom. The number of carbonyl (C=O) groups excluding carboxylic acids is 1. The minimum absolute atomic E-state index is 0.0146. The van der Waals surface area contributed by atoms with Crippen LogP contribution in [0.5, 0.6) is 0 Å². The molecule has 1 saturated heterocycles. The Balaban J connectivity index is 1.18. The number of rotatable bonds is 4. The summed E-state index contributed by atoms with van der Waals surface area (Å²) in [5.74, 6) is -0.269. The Morgan fingerprint density at radius 2 is 1.58 bits per heavy atom. The maximum Gasteiger partial charge on any atom is 0.276 e. The molecule has 0 radical (unpaired) electrons. The van der Waals surface area contributed by atoms with Crippen molar-refractivity contribution in [3.05, 3.63) is 112 Å². The fourth-order valence-corrected chi connectivity index (χ4v) is 4.87. The SMILES string of the molecule is O=C(c1ccc(Cn2c(=O)c3cccn3c3cccnc32)cc1)N1CCN(c2ccc(F)cc2)CC1. The second kappa shape index (κ2) is 8.96. The number of nitrogens with zero attached hydrogens (tertiary/aromatic N) is 5. The normalized spacial score (nSPS) is 14.0. The number of hydrogen-bond donors (Lipinski definition) is 0. The summed E-state index contributed by atoms with van der Waals surface area (Å²) in [7, 11) is 0. The number of piperazine rings is 1. The van der Waals surface area contributed by atoms with Crippen molar-refractivity contribution < 1.29 is 9.18 Å². The van der Waals surface area contributed by atoms with Crippen molar-refractivity contribution in [2.24, 2.45) is 0 Å². The predicted molar refractivity (Wildman–Crippen MR) is 137 cm³/mol. The van der Waals surface area contributed by atoms with Gasteiger partial charge in [-0.1, -0.05) is 12.1 Å². The number of anilines is 1. The van der Waals surface area contributed by atoms with E-state index >= 15 is 0 Å². The van der Waals surface area contributed by atoms with Gasteiger partial charge in [0.25, 0.3) is 11.5 Å². The quantitative estimate of drug-likeness (QED) is 0.392. The van der Waals surface area contributed by atoms with Crippen LogP contribution in [-0.4, -0.2) is 50.9 Å². The average molecular weight is 482 g/mol. The van der Waals surface area contributed by atoms with Crippen molar-refractivity contribution in [2.45, 2.75) is 6.54 Å². The highest BCUT2D eigenvalue weighted by Gasteiger charge is 2.22. The molecule has 180 valence electrons. The molecule has 2 aromatic carbocycles. The van der Waals surface area contributed by atoms with Crippen LogP contribution < -0.4 is 10.5 Å². The summed E-state index contributed by atoms with van der Waals surface area (Å²) in [6.07, 6.45) is 3.55. The molecule has 1 aliphatic rings. The number of aromatic nitrogens is 3. The lowest BCUT2D eigenvalue weighted by molar-refractivity contribution is 0.0747. The van der Waals surface area contributed by atoms with E-state index < -0.39 is 0 Å². The molecule has 0 aliphatic carbocycles. The van der Waals surface area contributed by atoms with Gasteiger partial charge in [0.05, 0.1) is 12.1 Å². The van der Waals surface area contributed by atoms with Crippen molar-refractivity contribution in [3.63, 3.8) is 0 Å². The molecule has 0 unspecified atom stereocenters. The fraction of sp³-hybridized carbons (Fsp3) is 0.179. The Hall–Kier alpha value is -4.46. The van der Waals surface area contributed by atoms with Gasteiger partial charge >= 0.3 is 0 Å². The summed E-state index contributed by atoms with van der Waals surface area (Å²) in [4.78, 5) is 34.7. The van der Waals surface area contributed by atoms with Crippen LogP contribution in [0.15, 0.2) is 90.0 Å². The molecular weight excluding hydrogens is 457 g/mol. The second-order valence-corrected chi connectivity index (χ2v) is 8.95. The van der Waals surface area contributed by atoms with E-state index in [0.29, 0.717) is 49.5 Å². The number of pyridine rings is 1. The number of amides is 1. The maximum atomic E-state index is 13.2. The van der Waals surface area contributed by atoms with Crippen LogP contribution in [-0.2, 0) is 6.54 Å². The fourth-order valence-electron chi connectivity index (χ4n) is 4.87. The van der Waals surface area contributed by atoms with Crippen LogP contribution in [0.1, 0.15) is 15.9 Å². The number of hydrogen-bond acceptors (Lipinski definition) is 4. The largest absolute Gasteiger partial charge is 0.368 e. The molecule has 0 N–H and O–H groups in total. The lowest BCUT2D eigenvalue weighted by Gasteiger charge is -2.36. The zero-order chi connectivity index (χ0) is 24.6. The summed E-state index contributed by atoms with van der Waals surface area (Å²) in [6.45, 7) is 2.95. The van der Waals surface area contributed by atoms with E-state index in [4.69, 9.17) is 0 Å². The Labute approximate surface area is 206 Å². The van der Waals surface area contributed by atoms with E-state index in [-0.39, 0.29) is 17.3 Å². The standard InChI is InChI=1S/C28H24FN5O2/c29-22-9-11-23(12-10-22)31-15-17-32(18-16-31)27(35)21-7-5-20(6-8-21)19-34-26-24(3-1-13-30-26)33-14-2-4-25(33)28(34)36/h1-14H,15-19H2. The topological polar surface area (TPSA) is 62.9 Å². The Kier molecular flexibility index (Phi) is 5.48. The molecule has 5 aromatic rings. The number of fused-ring (bicyclic) bond motifs is 3. The first-order valence-corrected chi connectivity index (χ1v) is 11.9. The maximum absolute atomic E-state index is 13.2. The predicted octanol–water partition coefficient (Wildman–Crippen LogP) is 3.80. The number of halogens is 1. The lowest BCUT2D eigenvalue weighted by Crippen LogP contribution is -2.48. The molecule has 6 rings (SSSR count). The summed E-state index contributed by atoms with van der Waals surface area (Å²) in [6, 6.07) is 21.3. The third kappa shape index (κ3) is 3.90. The van der Waals surface area contributed by atoms with Crippen LogP contribution in [0.4, 0.5) is 10.1 Å². The van der Waals surface area contributed by atoms with Gasteiger partial charge in [-0.15, -0.1) is 0 Å². The zero-order valence-corrected chi connectivity index (χ0v) is 19.5. The molecule has 0 saturated carbocycles. The highest BCUT2D eigenvalue weighted by Crippen LogP contribution is 2.19. The molecule has 1 amide bonds. The van der Waals surface area contributed by atoms with Crippen molar-refractivity contribution in [2.75, 3.05) is 31.1 Å². The Bertz CT molecular complexity index is 1610. The molecule has 0 bridgehead atoms. The lowest BCUT2D eigenvalue weighted by atomic mass is 10.1. The van der Waals surface area contributed by atoms with Gasteiger partial charge in [0.1, 0.15) is 11.3 Å². The van der Waals surface area contributed by atoms with E-state index in [9.17, 15) is 14.0 Å². The molecule has 4 heterocycles. The second-order valence-electron chi connectivity index (χ2n) is 8.95. The number of benzene rings is 2. The first kappa shape index (κ1) is 22.0. The van der Waals surface area contributed by atoms with Gasteiger partial charge in [0.15, 0.2) is 5.65 Å². The van der Waals surface area contributed by atoms with Crippen LogP contribution in [0.25, 0.3) is 16.7 Å². The van der Waals surface area contributed by atoms with E-state index in [1.165, 1.54) is 12.1 Å². The molecule has 3 aromatic heterocycles. The summed E-state index contributed by atoms with van der Waals surface area (Å²) in [5.41, 5.74) is 4.47. The van der Waals surface area contributed by atoms with Gasteiger partial charge in [-0.2, -0.15) is 0 Å². The third-order valence-corrected chi connectivity index (χ3v) is 6.79. The van der Waals surface area contributed by atoms with Crippen LogP contribution in [0, 0.1) is 5.82 Å². The van der Waals surface area contributed by atoms with Crippen molar-refractivity contribution in [1.29, 1.82) is 0 Å². The van der Waals surface area contributed by atoms with Crippen molar-refractivity contribution >= 4 is 28.3 Å². The monoisotopic (exact) mass is 481 g/mol. The molecule has 1 aliphatic heterocycles. The van der Waals surface area contributed by atoms with Crippen LogP contribution in [0.2, 0.25) is 0 Å². The van der Waals surface area contributed by atoms with Gasteiger partial charge in [-0.05, 0) is 66.2 Å². The van der Waals surface area contributed by atoms with E-state index in [1.807, 2.05) is 64.0 Å². The molecule has 7 nitrogen and oxygen atoms in total. The van der Waals surface area contributed by atoms with E-state index in [0.717, 1.165) is 16.8 Å². The average Bonchev–Trinajstić information content (AvgIpc) is 3.42. The van der Waals surface area contributed by atoms with Crippen molar-refractivity contribution in [1.82, 2.24) is 18.9 Å². The molecule has 8 heteroatoms. The van der Waals surface area contributed by atoms with Gasteiger partial charge in [0, 0.05) is 49.8 Å². The van der Waals surface area contributed by atoms with Crippen molar-refractivity contribution in [3.8, 4) is 0 Å². The third-order valence-electron chi connectivity index (χ3n) is 6.79. The van der Waals surface area contributed by atoms with Crippen LogP contribution in [0.3, 0.4) is 0 Å². The molecular formula is C28H24FN5O2. The van der Waals surface area contributed by atoms with Gasteiger partial charge in [-0.3, -0.25) is 14.2 Å². The Morgan fingerprint density at radius 1 is 0.861 bits per heavy atom. The highest BCUT2D eigenvalue weighted by molar-refractivity contribution is 5.94. The van der Waals surface area contributed by atoms with Crippen LogP contribution >= 0.6 is 0 Å². The number of carbonyl (C=O) groups is 1. The van der Waals surface area contributed by atoms with Gasteiger partial charge < -0.3 is 14.2 Å². The zero-order valence-electron chi connectivity index (χ0n) is 19.5. The summed E-state index contributed by atoms with van der Waals surface area (Å²) in [5, 5.41) is 0.